The van der Waals surface area contributed by atoms with Gasteiger partial charge >= 0.3 is 10.8 Å². The molecule has 8 heteroatoms. The van der Waals surface area contributed by atoms with Crippen molar-refractivity contribution in [2.45, 2.75) is 40.3 Å². The van der Waals surface area contributed by atoms with Gasteiger partial charge in [0.25, 0.3) is 0 Å². The molecule has 27 heavy (non-hydrogen) atoms. The number of hydrogen-bond donors (Lipinski definition) is 1. The van der Waals surface area contributed by atoms with Crippen LogP contribution in [0.25, 0.3) is 0 Å². The number of esters is 1. The maximum absolute atomic E-state index is 12.4. The molecule has 1 atom stereocenters. The van der Waals surface area contributed by atoms with Crippen LogP contribution in [0.1, 0.15) is 36.8 Å². The van der Waals surface area contributed by atoms with Crippen molar-refractivity contribution in [3.63, 3.8) is 0 Å². The molecule has 1 heterocycles. The Morgan fingerprint density at radius 2 is 1.78 bits per heavy atom. The number of aromatic nitrogens is 1. The summed E-state index contributed by atoms with van der Waals surface area (Å²) in [5, 5.41) is 4.39. The standard InChI is InChI=1S/C19H22N2O5S/c1-11(2)18(24)20-15-7-5-14(6-8-15)17(23)13(4)26-16(22)9-21-12(3)10-27-19(21)25/h5-8,10-11,13H,9H2,1-4H3,(H,20,24)/t13-/m1/s1. The first-order valence-corrected chi connectivity index (χ1v) is 9.36. The number of Topliss-reactive ketones (excluding diaryl/α,β-unsaturated/α-hetero) is 1. The van der Waals surface area contributed by atoms with Crippen LogP contribution in [0.4, 0.5) is 5.69 Å². The van der Waals surface area contributed by atoms with Crippen molar-refractivity contribution < 1.29 is 19.1 Å². The van der Waals surface area contributed by atoms with E-state index in [-0.39, 0.29) is 29.0 Å². The van der Waals surface area contributed by atoms with E-state index >= 15 is 0 Å². The lowest BCUT2D eigenvalue weighted by atomic mass is 10.1. The molecule has 1 aromatic carbocycles. The number of amides is 1. The van der Waals surface area contributed by atoms with Crippen molar-refractivity contribution in [1.29, 1.82) is 0 Å². The molecule has 0 aliphatic rings. The predicted molar refractivity (Wildman–Crippen MR) is 103 cm³/mol. The molecule has 1 amide bonds. The fourth-order valence-electron chi connectivity index (χ4n) is 2.25. The van der Waals surface area contributed by atoms with Gasteiger partial charge in [-0.05, 0) is 38.1 Å². The zero-order valence-electron chi connectivity index (χ0n) is 15.6. The molecule has 0 spiro atoms. The molecule has 0 saturated heterocycles. The van der Waals surface area contributed by atoms with Gasteiger partial charge in [-0.15, -0.1) is 0 Å². The number of carbonyl (C=O) groups is 3. The van der Waals surface area contributed by atoms with Gasteiger partial charge in [0.15, 0.2) is 6.10 Å². The molecule has 0 aliphatic heterocycles. The highest BCUT2D eigenvalue weighted by molar-refractivity contribution is 7.07. The molecule has 2 rings (SSSR count). The highest BCUT2D eigenvalue weighted by Crippen LogP contribution is 2.14. The second-order valence-corrected chi connectivity index (χ2v) is 7.27. The first-order valence-electron chi connectivity index (χ1n) is 8.48. The van der Waals surface area contributed by atoms with E-state index in [1.54, 1.807) is 50.4 Å². The van der Waals surface area contributed by atoms with E-state index in [4.69, 9.17) is 4.74 Å². The van der Waals surface area contributed by atoms with Gasteiger partial charge < -0.3 is 10.1 Å². The number of hydrogen-bond acceptors (Lipinski definition) is 6. The Morgan fingerprint density at radius 1 is 1.15 bits per heavy atom. The molecule has 7 nitrogen and oxygen atoms in total. The van der Waals surface area contributed by atoms with Crippen LogP contribution in [0.15, 0.2) is 34.4 Å². The number of nitrogens with zero attached hydrogens (tertiary/aromatic N) is 1. The summed E-state index contributed by atoms with van der Waals surface area (Å²) in [5.74, 6) is -1.28. The van der Waals surface area contributed by atoms with Gasteiger partial charge in [0.1, 0.15) is 6.54 Å². The predicted octanol–water partition coefficient (Wildman–Crippen LogP) is 2.63. The van der Waals surface area contributed by atoms with Crippen molar-refractivity contribution in [3.05, 3.63) is 50.6 Å². The van der Waals surface area contributed by atoms with Crippen molar-refractivity contribution in [2.24, 2.45) is 5.92 Å². The second kappa shape index (κ2) is 8.77. The van der Waals surface area contributed by atoms with E-state index in [9.17, 15) is 19.2 Å². The molecule has 0 fully saturated rings. The Labute approximate surface area is 161 Å². The number of carbonyl (C=O) groups excluding carboxylic acids is 3. The molecular weight excluding hydrogens is 368 g/mol. The lowest BCUT2D eigenvalue weighted by Crippen LogP contribution is -2.29. The van der Waals surface area contributed by atoms with Crippen LogP contribution in [-0.4, -0.2) is 28.3 Å². The first kappa shape index (κ1) is 20.6. The van der Waals surface area contributed by atoms with Gasteiger partial charge in [0.2, 0.25) is 11.7 Å². The Morgan fingerprint density at radius 3 is 2.30 bits per heavy atom. The van der Waals surface area contributed by atoms with Crippen molar-refractivity contribution >= 4 is 34.7 Å². The number of thiazole rings is 1. The number of ether oxygens (including phenoxy) is 1. The van der Waals surface area contributed by atoms with Gasteiger partial charge in [0.05, 0.1) is 0 Å². The van der Waals surface area contributed by atoms with Crippen molar-refractivity contribution in [3.8, 4) is 0 Å². The highest BCUT2D eigenvalue weighted by Gasteiger charge is 2.20. The first-order chi connectivity index (χ1) is 12.7. The average Bonchev–Trinajstić information content (AvgIpc) is 2.93. The van der Waals surface area contributed by atoms with Gasteiger partial charge in [-0.25, -0.2) is 0 Å². The van der Waals surface area contributed by atoms with Crippen LogP contribution in [0.2, 0.25) is 0 Å². The number of nitrogens with one attached hydrogen (secondary N) is 1. The number of ketones is 1. The second-order valence-electron chi connectivity index (χ2n) is 6.45. The summed E-state index contributed by atoms with van der Waals surface area (Å²) in [6, 6.07) is 6.37. The minimum atomic E-state index is -0.983. The average molecular weight is 390 g/mol. The topological polar surface area (TPSA) is 94.5 Å². The fraction of sp³-hybridized carbons (Fsp3) is 0.368. The van der Waals surface area contributed by atoms with Gasteiger partial charge in [-0.3, -0.25) is 23.7 Å². The third-order valence-corrected chi connectivity index (χ3v) is 4.78. The van der Waals surface area contributed by atoms with Crippen LogP contribution < -0.4 is 10.2 Å². The Balaban J connectivity index is 1.97. The third kappa shape index (κ3) is 5.37. The molecule has 0 bridgehead atoms. The number of benzene rings is 1. The largest absolute Gasteiger partial charge is 0.453 e. The Hall–Kier alpha value is -2.74. The summed E-state index contributed by atoms with van der Waals surface area (Å²) >= 11 is 1.00. The minimum Gasteiger partial charge on any atom is -0.453 e. The maximum atomic E-state index is 12.4. The van der Waals surface area contributed by atoms with Gasteiger partial charge in [-0.1, -0.05) is 25.2 Å². The van der Waals surface area contributed by atoms with Crippen molar-refractivity contribution in [1.82, 2.24) is 4.57 Å². The van der Waals surface area contributed by atoms with Crippen LogP contribution in [0.5, 0.6) is 0 Å². The maximum Gasteiger partial charge on any atom is 0.326 e. The molecule has 144 valence electrons. The van der Waals surface area contributed by atoms with E-state index in [1.807, 2.05) is 0 Å². The van der Waals surface area contributed by atoms with Crippen LogP contribution in [0.3, 0.4) is 0 Å². The van der Waals surface area contributed by atoms with Crippen LogP contribution in [0, 0.1) is 12.8 Å². The summed E-state index contributed by atoms with van der Waals surface area (Å²) in [6.45, 7) is 6.55. The van der Waals surface area contributed by atoms with E-state index in [0.717, 1.165) is 11.3 Å². The lowest BCUT2D eigenvalue weighted by Gasteiger charge is -2.13. The molecule has 0 unspecified atom stereocenters. The Bertz CT molecular complexity index is 896. The van der Waals surface area contributed by atoms with E-state index < -0.39 is 12.1 Å². The lowest BCUT2D eigenvalue weighted by molar-refractivity contribution is -0.147. The summed E-state index contributed by atoms with van der Waals surface area (Å²) in [7, 11) is 0. The molecule has 2 aromatic rings. The fourth-order valence-corrected chi connectivity index (χ4v) is 2.99. The summed E-state index contributed by atoms with van der Waals surface area (Å²) in [5.41, 5.74) is 1.61. The smallest absolute Gasteiger partial charge is 0.326 e. The Kier molecular flexibility index (Phi) is 6.68. The monoisotopic (exact) mass is 390 g/mol. The SMILES string of the molecule is Cc1csc(=O)n1CC(=O)O[C@H](C)C(=O)c1ccc(NC(=O)C(C)C)cc1. The zero-order chi connectivity index (χ0) is 20.1. The van der Waals surface area contributed by atoms with E-state index in [0.29, 0.717) is 16.9 Å². The number of anilines is 1. The third-order valence-electron chi connectivity index (χ3n) is 3.90. The summed E-state index contributed by atoms with van der Waals surface area (Å²) in [6.07, 6.45) is -0.983. The zero-order valence-corrected chi connectivity index (χ0v) is 16.5. The quantitative estimate of drug-likeness (QED) is 0.579. The molecule has 1 N–H and O–H groups in total. The van der Waals surface area contributed by atoms with E-state index in [1.165, 1.54) is 11.5 Å². The molecule has 0 saturated carbocycles. The van der Waals surface area contributed by atoms with Gasteiger partial charge in [-0.2, -0.15) is 0 Å². The van der Waals surface area contributed by atoms with Gasteiger partial charge in [0, 0.05) is 28.2 Å². The number of aryl methyl sites for hydroxylation is 1. The van der Waals surface area contributed by atoms with E-state index in [2.05, 4.69) is 5.32 Å². The molecular formula is C19H22N2O5S. The summed E-state index contributed by atoms with van der Waals surface area (Å²) in [4.78, 5) is 47.5. The molecule has 1 aromatic heterocycles. The minimum absolute atomic E-state index is 0.115. The van der Waals surface area contributed by atoms with Crippen LogP contribution >= 0.6 is 11.3 Å². The van der Waals surface area contributed by atoms with Crippen LogP contribution in [-0.2, 0) is 20.9 Å². The number of rotatable bonds is 7. The normalized spacial score (nSPS) is 11.9. The molecule has 0 radical (unpaired) electrons. The highest BCUT2D eigenvalue weighted by atomic mass is 32.1. The summed E-state index contributed by atoms with van der Waals surface area (Å²) < 4.78 is 6.46. The van der Waals surface area contributed by atoms with Crippen molar-refractivity contribution in [2.75, 3.05) is 5.32 Å². The molecule has 0 aliphatic carbocycles.